The highest BCUT2D eigenvalue weighted by Gasteiger charge is 2.27. The maximum atomic E-state index is 12.9. The zero-order valence-corrected chi connectivity index (χ0v) is 13.1. The molecular formula is C21H19NO. The molecule has 0 aliphatic heterocycles. The lowest BCUT2D eigenvalue weighted by Crippen LogP contribution is -2.21. The molecule has 3 aromatic rings. The highest BCUT2D eigenvalue weighted by molar-refractivity contribution is 5.98. The number of pyridine rings is 1. The van der Waals surface area contributed by atoms with Crippen LogP contribution in [0.25, 0.3) is 0 Å². The van der Waals surface area contributed by atoms with Crippen LogP contribution in [0.5, 0.6) is 0 Å². The summed E-state index contributed by atoms with van der Waals surface area (Å²) in [5.74, 6) is 0.0328. The van der Waals surface area contributed by atoms with Crippen molar-refractivity contribution in [1.82, 2.24) is 4.98 Å². The Bertz CT molecular complexity index is 714. The van der Waals surface area contributed by atoms with Gasteiger partial charge in [0, 0.05) is 29.8 Å². The van der Waals surface area contributed by atoms with E-state index in [1.165, 1.54) is 0 Å². The molecule has 1 heterocycles. The number of hydrogen-bond donors (Lipinski definition) is 0. The van der Waals surface area contributed by atoms with Gasteiger partial charge >= 0.3 is 0 Å². The Hall–Kier alpha value is -2.74. The minimum Gasteiger partial charge on any atom is -0.294 e. The summed E-state index contributed by atoms with van der Waals surface area (Å²) < 4.78 is 0. The first-order valence-electron chi connectivity index (χ1n) is 7.81. The summed E-state index contributed by atoms with van der Waals surface area (Å²) in [7, 11) is 0. The van der Waals surface area contributed by atoms with Gasteiger partial charge in [0.1, 0.15) is 0 Å². The molecule has 0 spiro atoms. The second-order valence-electron chi connectivity index (χ2n) is 5.69. The molecule has 114 valence electrons. The molecule has 0 saturated heterocycles. The van der Waals surface area contributed by atoms with Crippen LogP contribution in [0.2, 0.25) is 0 Å². The molecule has 3 rings (SSSR count). The van der Waals surface area contributed by atoms with Crippen molar-refractivity contribution in [3.8, 4) is 0 Å². The fourth-order valence-electron chi connectivity index (χ4n) is 3.02. The van der Waals surface area contributed by atoms with Crippen molar-refractivity contribution < 1.29 is 4.79 Å². The van der Waals surface area contributed by atoms with Crippen molar-refractivity contribution in [2.75, 3.05) is 0 Å². The lowest BCUT2D eigenvalue weighted by molar-refractivity contribution is 0.0919. The van der Waals surface area contributed by atoms with Crippen molar-refractivity contribution in [3.05, 3.63) is 102 Å². The van der Waals surface area contributed by atoms with E-state index in [-0.39, 0.29) is 17.6 Å². The van der Waals surface area contributed by atoms with E-state index < -0.39 is 0 Å². The second kappa shape index (κ2) is 7.01. The summed E-state index contributed by atoms with van der Waals surface area (Å²) in [6.45, 7) is 2.01. The highest BCUT2D eigenvalue weighted by Crippen LogP contribution is 2.33. The van der Waals surface area contributed by atoms with Crippen LogP contribution in [-0.2, 0) is 0 Å². The zero-order valence-electron chi connectivity index (χ0n) is 13.1. The van der Waals surface area contributed by atoms with Gasteiger partial charge < -0.3 is 0 Å². The molecule has 2 aromatic carbocycles. The number of aromatic nitrogens is 1. The number of Topliss-reactive ketones (excluding diaryl/α,β-unsaturated/α-hetero) is 1. The van der Waals surface area contributed by atoms with Crippen molar-refractivity contribution in [2.45, 2.75) is 12.8 Å². The molecule has 2 heteroatoms. The van der Waals surface area contributed by atoms with Gasteiger partial charge in [0.15, 0.2) is 5.78 Å². The number of benzene rings is 2. The maximum Gasteiger partial charge on any atom is 0.166 e. The van der Waals surface area contributed by atoms with Crippen LogP contribution >= 0.6 is 0 Å². The Kier molecular flexibility index (Phi) is 4.62. The summed E-state index contributed by atoms with van der Waals surface area (Å²) >= 11 is 0. The quantitative estimate of drug-likeness (QED) is 0.637. The molecule has 2 unspecified atom stereocenters. The van der Waals surface area contributed by atoms with E-state index in [1.807, 2.05) is 67.6 Å². The first-order valence-corrected chi connectivity index (χ1v) is 7.81. The number of nitrogens with zero attached hydrogens (tertiary/aromatic N) is 1. The van der Waals surface area contributed by atoms with Crippen LogP contribution in [0.1, 0.15) is 34.3 Å². The standard InChI is InChI=1S/C21H19NO/c1-16(21(23)19-10-6-3-7-11-19)20(17-8-4-2-5-9-17)18-12-14-22-15-13-18/h2-16,20H,1H3. The van der Waals surface area contributed by atoms with Crippen LogP contribution in [0.15, 0.2) is 85.2 Å². The van der Waals surface area contributed by atoms with E-state index in [2.05, 4.69) is 17.1 Å². The summed E-state index contributed by atoms with van der Waals surface area (Å²) in [4.78, 5) is 17.0. The van der Waals surface area contributed by atoms with E-state index in [0.29, 0.717) is 0 Å². The van der Waals surface area contributed by atoms with Crippen LogP contribution in [0, 0.1) is 5.92 Å². The van der Waals surface area contributed by atoms with Crippen LogP contribution in [0.4, 0.5) is 0 Å². The van der Waals surface area contributed by atoms with Gasteiger partial charge in [-0.25, -0.2) is 0 Å². The van der Waals surface area contributed by atoms with Crippen molar-refractivity contribution >= 4 is 5.78 Å². The van der Waals surface area contributed by atoms with Gasteiger partial charge in [-0.2, -0.15) is 0 Å². The zero-order chi connectivity index (χ0) is 16.1. The van der Waals surface area contributed by atoms with Gasteiger partial charge in [0.25, 0.3) is 0 Å². The summed E-state index contributed by atoms with van der Waals surface area (Å²) in [5, 5.41) is 0. The average Bonchev–Trinajstić information content (AvgIpc) is 2.64. The predicted octanol–water partition coefficient (Wildman–Crippen LogP) is 4.73. The van der Waals surface area contributed by atoms with E-state index in [0.717, 1.165) is 16.7 Å². The molecule has 1 aromatic heterocycles. The fraction of sp³-hybridized carbons (Fsp3) is 0.143. The summed E-state index contributed by atoms with van der Waals surface area (Å²) in [6, 6.07) is 23.7. The molecule has 0 radical (unpaired) electrons. The van der Waals surface area contributed by atoms with Crippen molar-refractivity contribution in [2.24, 2.45) is 5.92 Å². The molecule has 0 aliphatic rings. The average molecular weight is 301 g/mol. The Labute approximate surface area is 136 Å². The molecule has 0 aliphatic carbocycles. The summed E-state index contributed by atoms with van der Waals surface area (Å²) in [5.41, 5.74) is 3.02. The Morgan fingerprint density at radius 3 is 1.91 bits per heavy atom. The third-order valence-electron chi connectivity index (χ3n) is 4.20. The van der Waals surface area contributed by atoms with E-state index >= 15 is 0 Å². The fourth-order valence-corrected chi connectivity index (χ4v) is 3.02. The number of carbonyl (C=O) groups is 1. The molecule has 0 bridgehead atoms. The molecule has 23 heavy (non-hydrogen) atoms. The van der Waals surface area contributed by atoms with Crippen LogP contribution in [-0.4, -0.2) is 10.8 Å². The van der Waals surface area contributed by atoms with E-state index in [1.54, 1.807) is 12.4 Å². The van der Waals surface area contributed by atoms with Crippen LogP contribution < -0.4 is 0 Å². The smallest absolute Gasteiger partial charge is 0.166 e. The van der Waals surface area contributed by atoms with Gasteiger partial charge in [-0.1, -0.05) is 67.6 Å². The molecule has 0 amide bonds. The predicted molar refractivity (Wildman–Crippen MR) is 92.5 cm³/mol. The Morgan fingerprint density at radius 2 is 1.30 bits per heavy atom. The van der Waals surface area contributed by atoms with Gasteiger partial charge in [-0.15, -0.1) is 0 Å². The van der Waals surface area contributed by atoms with Crippen LogP contribution in [0.3, 0.4) is 0 Å². The van der Waals surface area contributed by atoms with E-state index in [9.17, 15) is 4.79 Å². The normalized spacial score (nSPS) is 13.3. The van der Waals surface area contributed by atoms with Gasteiger partial charge in [0.2, 0.25) is 0 Å². The van der Waals surface area contributed by atoms with Crippen molar-refractivity contribution in [3.63, 3.8) is 0 Å². The minimum absolute atomic E-state index is 0.0203. The third kappa shape index (κ3) is 3.37. The molecule has 0 saturated carbocycles. The SMILES string of the molecule is CC(C(=O)c1ccccc1)C(c1ccccc1)c1ccncc1. The number of carbonyl (C=O) groups excluding carboxylic acids is 1. The number of hydrogen-bond acceptors (Lipinski definition) is 2. The number of ketones is 1. The lowest BCUT2D eigenvalue weighted by Gasteiger charge is -2.24. The topological polar surface area (TPSA) is 30.0 Å². The molecule has 2 atom stereocenters. The highest BCUT2D eigenvalue weighted by atomic mass is 16.1. The Morgan fingerprint density at radius 1 is 0.783 bits per heavy atom. The van der Waals surface area contributed by atoms with Gasteiger partial charge in [-0.05, 0) is 23.3 Å². The minimum atomic E-state index is -0.151. The summed E-state index contributed by atoms with van der Waals surface area (Å²) in [6.07, 6.45) is 3.57. The first-order chi connectivity index (χ1) is 11.3. The Balaban J connectivity index is 2.00. The first kappa shape index (κ1) is 15.2. The number of rotatable bonds is 5. The van der Waals surface area contributed by atoms with Gasteiger partial charge in [-0.3, -0.25) is 9.78 Å². The van der Waals surface area contributed by atoms with Gasteiger partial charge in [0.05, 0.1) is 0 Å². The third-order valence-corrected chi connectivity index (χ3v) is 4.20. The maximum absolute atomic E-state index is 12.9. The molecule has 0 N–H and O–H groups in total. The monoisotopic (exact) mass is 301 g/mol. The van der Waals surface area contributed by atoms with E-state index in [4.69, 9.17) is 0 Å². The van der Waals surface area contributed by atoms with Crippen molar-refractivity contribution in [1.29, 1.82) is 0 Å². The molecule has 0 fully saturated rings. The second-order valence-corrected chi connectivity index (χ2v) is 5.69. The lowest BCUT2D eigenvalue weighted by atomic mass is 9.78. The molecule has 2 nitrogen and oxygen atoms in total. The largest absolute Gasteiger partial charge is 0.294 e. The molecular weight excluding hydrogens is 282 g/mol.